The molecule has 2 N–H and O–H groups in total. The number of hydrogen-bond acceptors (Lipinski definition) is 17. The van der Waals surface area contributed by atoms with Crippen LogP contribution in [0.2, 0.25) is 102 Å². The van der Waals surface area contributed by atoms with Gasteiger partial charge in [0.2, 0.25) is 0 Å². The van der Waals surface area contributed by atoms with Crippen molar-refractivity contribution in [3.63, 3.8) is 0 Å². The zero-order valence-electron chi connectivity index (χ0n) is 92.2. The standard InChI is InChI=1S/2C14H12N2.C8H8N2.C8H7NO.C7H9N.C6H7N.C6H6S.C6H6Se.C5H6N2.C5H7N.C5H6S.C4H5NO.C4H5NS.C3H5N3.15CH3B/c2*1-11-15-13-9-5-6-10-14(13)16(11)12-7-3-2-4-8-12;2*1-6-9-7-4-2-3-5-8(7)10-6;1-2-7-4-3-5-8-6-7;1-6-3-2-4-7-5-6;2*7-6-4-2-1-3-5-6;1-5-2-6-4-7-3-5;2*1-5-3-2-4-6-5;2*1-4-5-2-3-6-4;1-6-3-2-4-5-6;15*1-2/h2*2-10H,1H3;2-5H,1H3,(H,9,10);2-5H,1H3;3-6H,2H2,1H3;2-5H,1H3;2*1-5,7H;2-4H,1H3;2-4,6H,1H3;2-4H,1H3;3*2-3H,1H3;15*1H3. The molecular weight excluding hydrogens is 1930 g/mol. The second-order valence-electron chi connectivity index (χ2n) is 25.3. The van der Waals surface area contributed by atoms with E-state index in [2.05, 4.69) is 312 Å². The first-order valence-corrected chi connectivity index (χ1v) is 49.5. The average molecular weight is 2080 g/mol. The first-order valence-electron chi connectivity index (χ1n) is 46.4. The summed E-state index contributed by atoms with van der Waals surface area (Å²) in [6.07, 6.45) is 23.7. The van der Waals surface area contributed by atoms with Gasteiger partial charge in [-0.3, -0.25) is 28.8 Å². The summed E-state index contributed by atoms with van der Waals surface area (Å²) < 4.78 is 17.2. The summed E-state index contributed by atoms with van der Waals surface area (Å²) in [5, 5.41) is 12.3. The van der Waals surface area contributed by atoms with E-state index in [1.807, 2.05) is 287 Å². The van der Waals surface area contributed by atoms with E-state index in [1.54, 1.807) is 90.1 Å². The fourth-order valence-electron chi connectivity index (χ4n) is 10.1. The van der Waals surface area contributed by atoms with Gasteiger partial charge in [0.05, 0.1) is 168 Å². The number of oxazole rings is 2. The van der Waals surface area contributed by atoms with Gasteiger partial charge in [0.15, 0.2) is 17.4 Å². The maximum atomic E-state index is 5.26. The molecule has 8 aromatic carbocycles. The summed E-state index contributed by atoms with van der Waals surface area (Å²) in [5.74, 6) is 4.46. The number of aromatic nitrogens is 17. The Kier molecular flexibility index (Phi) is 121. The van der Waals surface area contributed by atoms with Crippen LogP contribution in [0.15, 0.2) is 372 Å². The summed E-state index contributed by atoms with van der Waals surface area (Å²) in [6.45, 7) is 44.4. The summed E-state index contributed by atoms with van der Waals surface area (Å²) in [7, 11) is 69.3. The van der Waals surface area contributed by atoms with E-state index in [9.17, 15) is 0 Å². The average Bonchev–Trinajstić information content (AvgIpc) is 1.65. The number of rotatable bonds is 3. The molecule has 12 heterocycles. The topological polar surface area (TPSA) is 227 Å². The number of benzene rings is 8. The number of aryl methyl sites for hydroxylation is 12. The van der Waals surface area contributed by atoms with Gasteiger partial charge in [-0.05, 0) is 199 Å². The van der Waals surface area contributed by atoms with E-state index in [4.69, 9.17) is 8.83 Å². The van der Waals surface area contributed by atoms with Crippen LogP contribution in [0.1, 0.15) is 68.4 Å². The van der Waals surface area contributed by atoms with Crippen molar-refractivity contribution in [2.24, 2.45) is 7.05 Å². The Balaban J connectivity index is -0.000000199. The zero-order chi connectivity index (χ0) is 114. The molecule has 0 aliphatic heterocycles. The Morgan fingerprint density at radius 3 is 1.08 bits per heavy atom. The van der Waals surface area contributed by atoms with Gasteiger partial charge in [-0.2, -0.15) is 0 Å². The van der Waals surface area contributed by atoms with Crippen LogP contribution in [0.5, 0.6) is 0 Å². The number of nitrogens with zero attached hydrogens (tertiary/aromatic N) is 15. The second-order valence-corrected chi connectivity index (χ2v) is 29.1. The van der Waals surface area contributed by atoms with E-state index in [-0.39, 0.29) is 0 Å². The van der Waals surface area contributed by atoms with Crippen LogP contribution in [0.4, 0.5) is 0 Å². The predicted molar refractivity (Wildman–Crippen MR) is 665 cm³/mol. The first-order chi connectivity index (χ1) is 72.4. The van der Waals surface area contributed by atoms with Gasteiger partial charge in [0.25, 0.3) is 0 Å². The van der Waals surface area contributed by atoms with Crippen LogP contribution in [0.25, 0.3) is 55.6 Å². The van der Waals surface area contributed by atoms with E-state index in [0.717, 1.165) is 107 Å². The van der Waals surface area contributed by atoms with Crippen LogP contribution >= 0.6 is 35.3 Å². The SMILES string of the molecule is CCc1cccnc1.Cc1ccc[nH]1.Cc1cccnc1.Cc1cccs1.Cc1cncnc1.Cc1nc2ccccc2[nH]1.Cc1nc2ccccc2n1-c1ccccc1.Cc1nc2ccccc2n1-c1ccccc1.Cc1nc2ccccc2o1.Cc1ncco1.Cc1nccs1.Cn1ccnn1.Sc1ccccc1.[B]C.[B]C.[B]C.[B]C.[B]C.[B]C.[B]C.[B]C.[B]C.[B]C.[B]C.[B]C.[B]C.[B]C.[B]C.[SeH]c1ccccc1. The summed E-state index contributed by atoms with van der Waals surface area (Å²) >= 11 is 10.0. The molecule has 148 heavy (non-hydrogen) atoms. The second kappa shape index (κ2) is 117. The molecule has 0 bridgehead atoms. The molecule has 0 unspecified atom stereocenters. The molecule has 0 aliphatic carbocycles. The van der Waals surface area contributed by atoms with Gasteiger partial charge in [-0.25, -0.2) is 34.9 Å². The van der Waals surface area contributed by atoms with Crippen LogP contribution in [-0.4, -0.2) is 218 Å². The minimum atomic E-state index is 0.718. The Bertz CT molecular complexity index is 5310. The molecule has 0 saturated heterocycles. The van der Waals surface area contributed by atoms with Crippen molar-refractivity contribution in [1.29, 1.82) is 0 Å². The van der Waals surface area contributed by atoms with E-state index >= 15 is 0 Å². The van der Waals surface area contributed by atoms with Crippen molar-refractivity contribution in [2.75, 3.05) is 0 Å². The molecular formula is C110H146B15N17O2S3Se. The predicted octanol–water partition coefficient (Wildman–Crippen LogP) is 25.4. The monoisotopic (exact) mass is 2080 g/mol. The van der Waals surface area contributed by atoms with Crippen molar-refractivity contribution >= 4 is 218 Å². The van der Waals surface area contributed by atoms with Crippen LogP contribution in [0, 0.1) is 69.2 Å². The number of fused-ring (bicyclic) bond motifs is 4. The van der Waals surface area contributed by atoms with Gasteiger partial charge in [-0.15, -0.1) is 40.4 Å². The number of H-pyrrole nitrogens is 2. The molecule has 38 heteroatoms. The number of thiophene rings is 1. The first kappa shape index (κ1) is 153. The van der Waals surface area contributed by atoms with E-state index in [0.29, 0.717) is 0 Å². The summed E-state index contributed by atoms with van der Waals surface area (Å²) in [4.78, 5) is 49.1. The number of thiol groups is 1. The number of imidazole rings is 3. The number of nitrogens with one attached hydrogen (secondary N) is 2. The Hall–Kier alpha value is -12.2. The molecule has 19 nitrogen and oxygen atoms in total. The van der Waals surface area contributed by atoms with Gasteiger partial charge >= 0.3 is 50.8 Å². The van der Waals surface area contributed by atoms with Crippen LogP contribution in [0.3, 0.4) is 0 Å². The quantitative estimate of drug-likeness (QED) is 0.110. The van der Waals surface area contributed by atoms with Crippen molar-refractivity contribution in [2.45, 2.75) is 190 Å². The number of thiazole rings is 1. The summed E-state index contributed by atoms with van der Waals surface area (Å²) in [6, 6.07) is 88.9. The van der Waals surface area contributed by atoms with Crippen molar-refractivity contribution in [3.05, 3.63) is 420 Å². The number of aromatic amines is 2. The molecule has 0 saturated carbocycles. The molecule has 30 radical (unpaired) electrons. The third-order valence-electron chi connectivity index (χ3n) is 15.6. The van der Waals surface area contributed by atoms with Crippen LogP contribution < -0.4 is 4.46 Å². The molecule has 20 aromatic rings. The van der Waals surface area contributed by atoms with E-state index in [1.165, 1.54) is 135 Å². The van der Waals surface area contributed by atoms with Crippen molar-refractivity contribution in [1.82, 2.24) is 83.9 Å². The van der Waals surface area contributed by atoms with Gasteiger partial charge < -0.3 is 18.8 Å². The zero-order valence-corrected chi connectivity index (χ0v) is 96.6. The molecule has 20 rings (SSSR count). The Morgan fingerprint density at radius 1 is 0.372 bits per heavy atom. The Morgan fingerprint density at radius 2 is 0.811 bits per heavy atom. The molecule has 0 atom stereocenters. The minimum absolute atomic E-state index is 0.718. The normalized spacial score (nSPS) is 8.20. The third kappa shape index (κ3) is 79.0. The molecule has 12 aromatic heterocycles. The fourth-order valence-corrected chi connectivity index (χ4v) is 11.6. The molecule has 0 amide bonds. The van der Waals surface area contributed by atoms with Gasteiger partial charge in [0.1, 0.15) is 35.6 Å². The maximum absolute atomic E-state index is 5.26. The fraction of sp³-hybridized carbons (Fsp3) is 0.255. The number of hydrogen-bond donors (Lipinski definition) is 3. The van der Waals surface area contributed by atoms with Gasteiger partial charge in [-0.1, -0.05) is 236 Å². The summed E-state index contributed by atoms with van der Waals surface area (Å²) in [5.41, 5.74) is 15.5. The Labute approximate surface area is 931 Å². The number of pyridine rings is 2. The van der Waals surface area contributed by atoms with E-state index < -0.39 is 0 Å². The van der Waals surface area contributed by atoms with Crippen molar-refractivity contribution < 1.29 is 8.83 Å². The molecule has 0 aliphatic rings. The molecule has 752 valence electrons. The third-order valence-corrected chi connectivity index (χ3v) is 18.0. The molecule has 0 fully saturated rings. The number of para-hydroxylation sites is 10. The van der Waals surface area contributed by atoms with Crippen LogP contribution in [-0.2, 0) is 13.5 Å². The molecule has 0 spiro atoms. The van der Waals surface area contributed by atoms with Crippen molar-refractivity contribution in [3.8, 4) is 11.4 Å². The van der Waals surface area contributed by atoms with Gasteiger partial charge in [0, 0.05) is 109 Å².